The molecule has 0 aromatic carbocycles. The number of rotatable bonds is 7. The Hall–Kier alpha value is -0.340. The largest absolute Gasteiger partial charge is 0.396 e. The Balaban J connectivity index is 2.24. The highest BCUT2D eigenvalue weighted by Gasteiger charge is 2.16. The molecule has 0 atom stereocenters. The van der Waals surface area contributed by atoms with Crippen LogP contribution in [-0.2, 0) is 0 Å². The Morgan fingerprint density at radius 3 is 2.60 bits per heavy atom. The van der Waals surface area contributed by atoms with Crippen LogP contribution in [0.1, 0.15) is 38.5 Å². The maximum atomic E-state index is 8.84. The summed E-state index contributed by atoms with van der Waals surface area (Å²) >= 11 is 0. The van der Waals surface area contributed by atoms with Gasteiger partial charge < -0.3 is 5.11 Å². The van der Waals surface area contributed by atoms with E-state index in [1.165, 1.54) is 38.6 Å². The van der Waals surface area contributed by atoms with Crippen LogP contribution in [-0.4, -0.2) is 36.2 Å². The Morgan fingerprint density at radius 1 is 1.27 bits per heavy atom. The Morgan fingerprint density at radius 2 is 2.00 bits per heavy atom. The van der Waals surface area contributed by atoms with Crippen LogP contribution in [0.5, 0.6) is 0 Å². The van der Waals surface area contributed by atoms with Gasteiger partial charge in [-0.05, 0) is 25.2 Å². The fraction of sp³-hybridized carbons (Fsp3) is 0.846. The smallest absolute Gasteiger partial charge is 0.0443 e. The second-order valence-corrected chi connectivity index (χ2v) is 4.63. The van der Waals surface area contributed by atoms with Gasteiger partial charge in [0.2, 0.25) is 0 Å². The summed E-state index contributed by atoms with van der Waals surface area (Å²) in [7, 11) is 0. The second kappa shape index (κ2) is 7.89. The lowest BCUT2D eigenvalue weighted by Gasteiger charge is -2.28. The minimum absolute atomic E-state index is 0.304. The number of aliphatic hydroxyl groups excluding tert-OH is 1. The average Bonchev–Trinajstić information content (AvgIpc) is 2.28. The highest BCUT2D eigenvalue weighted by atomic mass is 16.3. The summed E-state index contributed by atoms with van der Waals surface area (Å²) in [5.74, 6) is 0.886. The van der Waals surface area contributed by atoms with Gasteiger partial charge in [0, 0.05) is 26.2 Å². The number of hydrogen-bond acceptors (Lipinski definition) is 2. The molecule has 0 spiro atoms. The van der Waals surface area contributed by atoms with Gasteiger partial charge in [-0.2, -0.15) is 0 Å². The zero-order valence-corrected chi connectivity index (χ0v) is 9.83. The van der Waals surface area contributed by atoms with E-state index in [0.717, 1.165) is 25.4 Å². The Labute approximate surface area is 94.0 Å². The quantitative estimate of drug-likeness (QED) is 0.654. The molecule has 0 aromatic heterocycles. The van der Waals surface area contributed by atoms with E-state index in [1.54, 1.807) is 0 Å². The zero-order valence-electron chi connectivity index (χ0n) is 9.83. The van der Waals surface area contributed by atoms with Gasteiger partial charge in [0.25, 0.3) is 0 Å². The molecule has 1 aliphatic rings. The van der Waals surface area contributed by atoms with Gasteiger partial charge in [-0.1, -0.05) is 25.3 Å². The van der Waals surface area contributed by atoms with E-state index in [1.807, 2.05) is 6.08 Å². The zero-order chi connectivity index (χ0) is 10.9. The van der Waals surface area contributed by atoms with Crippen molar-refractivity contribution in [3.05, 3.63) is 12.7 Å². The van der Waals surface area contributed by atoms with Gasteiger partial charge in [-0.25, -0.2) is 0 Å². The van der Waals surface area contributed by atoms with Crippen molar-refractivity contribution in [3.63, 3.8) is 0 Å². The van der Waals surface area contributed by atoms with E-state index in [4.69, 9.17) is 5.11 Å². The van der Waals surface area contributed by atoms with Crippen molar-refractivity contribution in [2.75, 3.05) is 26.2 Å². The standard InChI is InChI=1S/C13H25NO/c1-2-9-14(10-6-11-15)12-13-7-4-3-5-8-13/h2,13,15H,1,3-12H2. The molecule has 0 aliphatic heterocycles. The van der Waals surface area contributed by atoms with Crippen molar-refractivity contribution in [1.29, 1.82) is 0 Å². The van der Waals surface area contributed by atoms with E-state index in [0.29, 0.717) is 6.61 Å². The van der Waals surface area contributed by atoms with Crippen LogP contribution in [0.25, 0.3) is 0 Å². The molecule has 1 saturated carbocycles. The molecule has 2 heteroatoms. The first-order valence-corrected chi connectivity index (χ1v) is 6.31. The first-order valence-electron chi connectivity index (χ1n) is 6.31. The fourth-order valence-electron chi connectivity index (χ4n) is 2.47. The SMILES string of the molecule is C=CCN(CCCO)CC1CCCCC1. The molecule has 15 heavy (non-hydrogen) atoms. The lowest BCUT2D eigenvalue weighted by atomic mass is 9.89. The molecule has 0 heterocycles. The third-order valence-corrected chi connectivity index (χ3v) is 3.26. The number of aliphatic hydroxyl groups is 1. The lowest BCUT2D eigenvalue weighted by Crippen LogP contribution is -2.32. The van der Waals surface area contributed by atoms with Gasteiger partial charge >= 0.3 is 0 Å². The molecule has 1 rings (SSSR count). The molecule has 0 amide bonds. The highest BCUT2D eigenvalue weighted by molar-refractivity contribution is 4.77. The van der Waals surface area contributed by atoms with Crippen LogP contribution < -0.4 is 0 Å². The molecular formula is C13H25NO. The molecule has 1 aliphatic carbocycles. The molecule has 0 unspecified atom stereocenters. The maximum Gasteiger partial charge on any atom is 0.0443 e. The normalized spacial score (nSPS) is 18.3. The summed E-state index contributed by atoms with van der Waals surface area (Å²) < 4.78 is 0. The second-order valence-electron chi connectivity index (χ2n) is 4.63. The van der Waals surface area contributed by atoms with E-state index in [-0.39, 0.29) is 0 Å². The molecule has 88 valence electrons. The first kappa shape index (κ1) is 12.7. The van der Waals surface area contributed by atoms with E-state index in [9.17, 15) is 0 Å². The van der Waals surface area contributed by atoms with Crippen LogP contribution in [0.4, 0.5) is 0 Å². The van der Waals surface area contributed by atoms with E-state index >= 15 is 0 Å². The minimum atomic E-state index is 0.304. The summed E-state index contributed by atoms with van der Waals surface area (Å²) in [5, 5.41) is 8.84. The van der Waals surface area contributed by atoms with Crippen molar-refractivity contribution in [2.24, 2.45) is 5.92 Å². The highest BCUT2D eigenvalue weighted by Crippen LogP contribution is 2.24. The topological polar surface area (TPSA) is 23.5 Å². The van der Waals surface area contributed by atoms with Crippen molar-refractivity contribution in [3.8, 4) is 0 Å². The van der Waals surface area contributed by atoms with E-state index in [2.05, 4.69) is 11.5 Å². The molecule has 2 nitrogen and oxygen atoms in total. The van der Waals surface area contributed by atoms with Crippen LogP contribution >= 0.6 is 0 Å². The molecular weight excluding hydrogens is 186 g/mol. The third-order valence-electron chi connectivity index (χ3n) is 3.26. The average molecular weight is 211 g/mol. The molecule has 0 bridgehead atoms. The predicted molar refractivity (Wildman–Crippen MR) is 64.9 cm³/mol. The number of hydrogen-bond donors (Lipinski definition) is 1. The van der Waals surface area contributed by atoms with E-state index < -0.39 is 0 Å². The molecule has 0 radical (unpaired) electrons. The molecule has 1 fully saturated rings. The Bertz CT molecular complexity index is 164. The summed E-state index contributed by atoms with van der Waals surface area (Å²) in [6.07, 6.45) is 9.90. The summed E-state index contributed by atoms with van der Waals surface area (Å²) in [6.45, 7) is 7.28. The minimum Gasteiger partial charge on any atom is -0.396 e. The summed E-state index contributed by atoms with van der Waals surface area (Å²) in [5.41, 5.74) is 0. The van der Waals surface area contributed by atoms with Gasteiger partial charge in [0.15, 0.2) is 0 Å². The van der Waals surface area contributed by atoms with Crippen LogP contribution in [0, 0.1) is 5.92 Å². The lowest BCUT2D eigenvalue weighted by molar-refractivity contribution is 0.194. The van der Waals surface area contributed by atoms with Crippen molar-refractivity contribution < 1.29 is 5.11 Å². The van der Waals surface area contributed by atoms with Crippen LogP contribution in [0.15, 0.2) is 12.7 Å². The number of nitrogens with zero attached hydrogens (tertiary/aromatic N) is 1. The first-order chi connectivity index (χ1) is 7.36. The van der Waals surface area contributed by atoms with Crippen molar-refractivity contribution in [1.82, 2.24) is 4.90 Å². The van der Waals surface area contributed by atoms with Gasteiger partial charge in [0.05, 0.1) is 0 Å². The van der Waals surface area contributed by atoms with Gasteiger partial charge in [0.1, 0.15) is 0 Å². The van der Waals surface area contributed by atoms with Gasteiger partial charge in [-0.15, -0.1) is 6.58 Å². The fourth-order valence-corrected chi connectivity index (χ4v) is 2.47. The monoisotopic (exact) mass is 211 g/mol. The summed E-state index contributed by atoms with van der Waals surface area (Å²) in [6, 6.07) is 0. The molecule has 0 aromatic rings. The molecule has 1 N–H and O–H groups in total. The summed E-state index contributed by atoms with van der Waals surface area (Å²) in [4.78, 5) is 2.43. The third kappa shape index (κ3) is 5.33. The van der Waals surface area contributed by atoms with Crippen molar-refractivity contribution in [2.45, 2.75) is 38.5 Å². The maximum absolute atomic E-state index is 8.84. The predicted octanol–water partition coefficient (Wildman–Crippen LogP) is 2.44. The molecule has 0 saturated heterocycles. The van der Waals surface area contributed by atoms with Crippen molar-refractivity contribution >= 4 is 0 Å². The van der Waals surface area contributed by atoms with Gasteiger partial charge in [-0.3, -0.25) is 4.90 Å². The Kier molecular flexibility index (Phi) is 6.69. The van der Waals surface area contributed by atoms with Crippen LogP contribution in [0.3, 0.4) is 0 Å². The van der Waals surface area contributed by atoms with Crippen LogP contribution in [0.2, 0.25) is 0 Å².